The lowest BCUT2D eigenvalue weighted by Crippen LogP contribution is -2.45. The molecule has 0 saturated carbocycles. The van der Waals surface area contributed by atoms with Gasteiger partial charge in [-0.15, -0.1) is 5.73 Å². The summed E-state index contributed by atoms with van der Waals surface area (Å²) >= 11 is 0. The molecule has 0 saturated heterocycles. The Bertz CT molecular complexity index is 625. The molecule has 26 heavy (non-hydrogen) atoms. The van der Waals surface area contributed by atoms with Gasteiger partial charge in [0.15, 0.2) is 0 Å². The molecular formula is C18H36N2O4SSi. The van der Waals surface area contributed by atoms with Crippen LogP contribution in [0.2, 0.25) is 19.6 Å². The van der Waals surface area contributed by atoms with E-state index in [0.717, 1.165) is 24.5 Å². The van der Waals surface area contributed by atoms with E-state index < -0.39 is 30.0 Å². The predicted molar refractivity (Wildman–Crippen MR) is 110 cm³/mol. The molecule has 0 unspecified atom stereocenters. The highest BCUT2D eigenvalue weighted by Gasteiger charge is 2.30. The first-order valence-electron chi connectivity index (χ1n) is 9.16. The number of unbranched alkanes of at least 4 members (excludes halogenated alkanes) is 3. The monoisotopic (exact) mass is 404 g/mol. The van der Waals surface area contributed by atoms with Gasteiger partial charge in [0.1, 0.15) is 5.60 Å². The Morgan fingerprint density at radius 1 is 1.23 bits per heavy atom. The minimum atomic E-state index is -4.19. The zero-order valence-corrected chi connectivity index (χ0v) is 19.2. The fraction of sp³-hybridized carbons (Fsp3) is 0.778. The predicted octanol–water partition coefficient (Wildman–Crippen LogP) is 4.36. The third kappa shape index (κ3) is 10.8. The van der Waals surface area contributed by atoms with Gasteiger partial charge in [0, 0.05) is 6.54 Å². The minimum absolute atomic E-state index is 0.0385. The fourth-order valence-electron chi connectivity index (χ4n) is 2.20. The second-order valence-electron chi connectivity index (χ2n) is 8.42. The highest BCUT2D eigenvalue weighted by Crippen LogP contribution is 2.19. The molecule has 0 rings (SSSR count). The van der Waals surface area contributed by atoms with Gasteiger partial charge in [-0.3, -0.25) is 0 Å². The Balaban J connectivity index is 5.30. The lowest BCUT2D eigenvalue weighted by molar-refractivity contribution is 0.0393. The number of ether oxygens (including phenoxy) is 1. The SMILES string of the molecule is CCCCCC=C=C(CCN(C(=O)OC(C)(C)C)S(N)(=O)=O)[Si](C)(C)C. The minimum Gasteiger partial charge on any atom is -0.443 e. The number of nitrogens with two attached hydrogens (primary N) is 1. The summed E-state index contributed by atoms with van der Waals surface area (Å²) < 4.78 is 29.4. The summed E-state index contributed by atoms with van der Waals surface area (Å²) in [6, 6.07) is 0. The second kappa shape index (κ2) is 10.3. The van der Waals surface area contributed by atoms with Gasteiger partial charge in [-0.1, -0.05) is 39.4 Å². The summed E-state index contributed by atoms with van der Waals surface area (Å²) in [7, 11) is -5.89. The molecule has 0 heterocycles. The molecule has 6 nitrogen and oxygen atoms in total. The molecule has 0 aromatic rings. The smallest absolute Gasteiger partial charge is 0.425 e. The van der Waals surface area contributed by atoms with Gasteiger partial charge in [-0.05, 0) is 51.3 Å². The van der Waals surface area contributed by atoms with E-state index in [4.69, 9.17) is 9.88 Å². The zero-order chi connectivity index (χ0) is 20.6. The Hall–Kier alpha value is -1.08. The van der Waals surface area contributed by atoms with Crippen molar-refractivity contribution in [3.05, 3.63) is 17.0 Å². The summed E-state index contributed by atoms with van der Waals surface area (Å²) in [5.74, 6) is 0. The molecule has 2 N–H and O–H groups in total. The van der Waals surface area contributed by atoms with Gasteiger partial charge in [0.05, 0.1) is 8.07 Å². The molecule has 8 heteroatoms. The maximum atomic E-state index is 12.2. The molecule has 0 aliphatic carbocycles. The molecule has 0 aliphatic heterocycles. The summed E-state index contributed by atoms with van der Waals surface area (Å²) in [5.41, 5.74) is 2.56. The number of carbonyl (C=O) groups excluding carboxylic acids is 1. The van der Waals surface area contributed by atoms with Crippen molar-refractivity contribution >= 4 is 24.4 Å². The van der Waals surface area contributed by atoms with E-state index in [1.807, 2.05) is 6.08 Å². The van der Waals surface area contributed by atoms with Crippen molar-refractivity contribution in [2.75, 3.05) is 6.54 Å². The summed E-state index contributed by atoms with van der Waals surface area (Å²) in [5, 5.41) is 6.30. The normalized spacial score (nSPS) is 12.3. The zero-order valence-electron chi connectivity index (χ0n) is 17.4. The van der Waals surface area contributed by atoms with E-state index in [-0.39, 0.29) is 6.54 Å². The molecule has 1 amide bonds. The fourth-order valence-corrected chi connectivity index (χ4v) is 4.19. The van der Waals surface area contributed by atoms with E-state index in [1.165, 1.54) is 6.42 Å². The van der Waals surface area contributed by atoms with Crippen LogP contribution < -0.4 is 5.14 Å². The van der Waals surface area contributed by atoms with Crippen molar-refractivity contribution < 1.29 is 17.9 Å². The van der Waals surface area contributed by atoms with Crippen molar-refractivity contribution in [2.45, 2.75) is 85.0 Å². The number of rotatable bonds is 9. The molecule has 0 aromatic carbocycles. The molecule has 0 bridgehead atoms. The molecule has 0 fully saturated rings. The van der Waals surface area contributed by atoms with Gasteiger partial charge in [0.25, 0.3) is 0 Å². The lowest BCUT2D eigenvalue weighted by atomic mass is 10.2. The van der Waals surface area contributed by atoms with Crippen molar-refractivity contribution in [3.63, 3.8) is 0 Å². The van der Waals surface area contributed by atoms with Crippen molar-refractivity contribution in [3.8, 4) is 0 Å². The third-order valence-corrected chi connectivity index (χ3v) is 6.75. The van der Waals surface area contributed by atoms with Crippen LogP contribution in [0, 0.1) is 0 Å². The van der Waals surface area contributed by atoms with Crippen LogP contribution in [-0.2, 0) is 14.9 Å². The average Bonchev–Trinajstić information content (AvgIpc) is 2.40. The van der Waals surface area contributed by atoms with Crippen LogP contribution in [0.25, 0.3) is 0 Å². The molecular weight excluding hydrogens is 368 g/mol. The molecule has 0 atom stereocenters. The first kappa shape index (κ1) is 24.9. The van der Waals surface area contributed by atoms with E-state index in [1.54, 1.807) is 20.8 Å². The Kier molecular flexibility index (Phi) is 9.87. The van der Waals surface area contributed by atoms with Crippen LogP contribution in [0.15, 0.2) is 17.0 Å². The van der Waals surface area contributed by atoms with Crippen LogP contribution in [0.1, 0.15) is 59.8 Å². The van der Waals surface area contributed by atoms with Crippen molar-refractivity contribution in [2.24, 2.45) is 5.14 Å². The second-order valence-corrected chi connectivity index (χ2v) is 15.0. The quantitative estimate of drug-likeness (QED) is 0.351. The van der Waals surface area contributed by atoms with Crippen LogP contribution in [0.3, 0.4) is 0 Å². The lowest BCUT2D eigenvalue weighted by Gasteiger charge is -2.27. The number of hydrogen-bond acceptors (Lipinski definition) is 4. The maximum absolute atomic E-state index is 12.2. The van der Waals surface area contributed by atoms with E-state index in [0.29, 0.717) is 10.7 Å². The van der Waals surface area contributed by atoms with Crippen LogP contribution >= 0.6 is 0 Å². The Morgan fingerprint density at radius 3 is 2.23 bits per heavy atom. The Labute approximate surface area is 160 Å². The summed E-state index contributed by atoms with van der Waals surface area (Å²) in [4.78, 5) is 12.2. The molecule has 0 spiro atoms. The molecule has 0 aromatic heterocycles. The molecule has 152 valence electrons. The number of hydrogen-bond donors (Lipinski definition) is 1. The Morgan fingerprint density at radius 2 is 1.81 bits per heavy atom. The van der Waals surface area contributed by atoms with Crippen LogP contribution in [-0.4, -0.2) is 39.0 Å². The van der Waals surface area contributed by atoms with E-state index in [2.05, 4.69) is 32.3 Å². The summed E-state index contributed by atoms with van der Waals surface area (Å²) in [6.07, 6.45) is 5.90. The van der Waals surface area contributed by atoms with Crippen molar-refractivity contribution in [1.82, 2.24) is 4.31 Å². The standard InChI is InChI=1S/C18H36N2O4SSi/c1-8-9-10-11-12-13-16(26(5,6)7)14-15-20(25(19,22)23)17(21)24-18(2,3)4/h12H,8-11,14-15H2,1-7H3,(H2,19,22,23). The van der Waals surface area contributed by atoms with Gasteiger partial charge < -0.3 is 4.74 Å². The van der Waals surface area contributed by atoms with Crippen molar-refractivity contribution in [1.29, 1.82) is 0 Å². The summed E-state index contributed by atoms with van der Waals surface area (Å²) in [6.45, 7) is 13.7. The number of nitrogens with zero attached hydrogens (tertiary/aromatic N) is 1. The van der Waals surface area contributed by atoms with E-state index >= 15 is 0 Å². The van der Waals surface area contributed by atoms with Crippen LogP contribution in [0.4, 0.5) is 4.79 Å². The average molecular weight is 405 g/mol. The van der Waals surface area contributed by atoms with Gasteiger partial charge in [-0.2, -0.15) is 12.7 Å². The van der Waals surface area contributed by atoms with E-state index in [9.17, 15) is 13.2 Å². The van der Waals surface area contributed by atoms with Gasteiger partial charge in [-0.25, -0.2) is 9.93 Å². The molecule has 0 radical (unpaired) electrons. The number of carbonyl (C=O) groups is 1. The largest absolute Gasteiger partial charge is 0.443 e. The molecule has 0 aliphatic rings. The first-order chi connectivity index (χ1) is 11.7. The third-order valence-electron chi connectivity index (χ3n) is 3.60. The van der Waals surface area contributed by atoms with Crippen LogP contribution in [0.5, 0.6) is 0 Å². The highest BCUT2D eigenvalue weighted by atomic mass is 32.2. The topological polar surface area (TPSA) is 89.7 Å². The highest BCUT2D eigenvalue weighted by molar-refractivity contribution is 7.87. The maximum Gasteiger partial charge on any atom is 0.425 e. The van der Waals surface area contributed by atoms with Gasteiger partial charge in [0.2, 0.25) is 0 Å². The first-order valence-corrected chi connectivity index (χ1v) is 14.2. The number of amides is 1. The van der Waals surface area contributed by atoms with Gasteiger partial charge >= 0.3 is 16.3 Å².